The normalized spacial score (nSPS) is 15.3. The summed E-state index contributed by atoms with van der Waals surface area (Å²) in [6.07, 6.45) is 0. The van der Waals surface area contributed by atoms with Crippen molar-refractivity contribution in [2.45, 2.75) is 26.8 Å². The standard InChI is InChI=1S/C19H25N3O3/c1-6-22(7-2)12(3)19(25)20-15-16(21(4)5)18(24)14-11-9-8-10-13(14)17(15)23/h8-12H,6-7H2,1-5H3,(H,20,25). The number of carbonyl (C=O) groups is 3. The number of nitrogens with one attached hydrogen (secondary N) is 1. The molecule has 1 atom stereocenters. The monoisotopic (exact) mass is 343 g/mol. The molecule has 1 aromatic carbocycles. The van der Waals surface area contributed by atoms with Gasteiger partial charge >= 0.3 is 0 Å². The quantitative estimate of drug-likeness (QED) is 0.851. The van der Waals surface area contributed by atoms with Crippen molar-refractivity contribution >= 4 is 17.5 Å². The van der Waals surface area contributed by atoms with Crippen LogP contribution in [0, 0.1) is 0 Å². The Kier molecular flexibility index (Phi) is 5.74. The lowest BCUT2D eigenvalue weighted by atomic mass is 9.89. The molecule has 1 aliphatic carbocycles. The van der Waals surface area contributed by atoms with Crippen molar-refractivity contribution in [1.82, 2.24) is 15.1 Å². The Hall–Kier alpha value is -2.47. The fraction of sp³-hybridized carbons (Fsp3) is 0.421. The highest BCUT2D eigenvalue weighted by Crippen LogP contribution is 2.26. The Morgan fingerprint density at radius 3 is 2.04 bits per heavy atom. The molecule has 2 rings (SSSR count). The van der Waals surface area contributed by atoms with E-state index in [1.807, 2.05) is 18.7 Å². The van der Waals surface area contributed by atoms with Crippen molar-refractivity contribution in [2.75, 3.05) is 27.2 Å². The van der Waals surface area contributed by atoms with E-state index in [2.05, 4.69) is 5.32 Å². The maximum absolute atomic E-state index is 12.9. The Morgan fingerprint density at radius 1 is 1.04 bits per heavy atom. The average Bonchev–Trinajstić information content (AvgIpc) is 2.60. The van der Waals surface area contributed by atoms with Crippen LogP contribution in [0.1, 0.15) is 41.5 Å². The largest absolute Gasteiger partial charge is 0.373 e. The lowest BCUT2D eigenvalue weighted by Gasteiger charge is -2.29. The second-order valence-electron chi connectivity index (χ2n) is 6.21. The number of benzene rings is 1. The van der Waals surface area contributed by atoms with Crippen molar-refractivity contribution < 1.29 is 14.4 Å². The predicted octanol–water partition coefficient (Wildman–Crippen LogP) is 1.69. The van der Waals surface area contributed by atoms with Gasteiger partial charge in [-0.15, -0.1) is 0 Å². The fourth-order valence-electron chi connectivity index (χ4n) is 3.07. The van der Waals surface area contributed by atoms with Gasteiger partial charge in [-0.05, 0) is 20.0 Å². The van der Waals surface area contributed by atoms with Gasteiger partial charge in [-0.2, -0.15) is 0 Å². The lowest BCUT2D eigenvalue weighted by Crippen LogP contribution is -2.47. The second-order valence-corrected chi connectivity index (χ2v) is 6.21. The summed E-state index contributed by atoms with van der Waals surface area (Å²) in [6.45, 7) is 7.19. The predicted molar refractivity (Wildman–Crippen MR) is 96.3 cm³/mol. The molecule has 25 heavy (non-hydrogen) atoms. The highest BCUT2D eigenvalue weighted by molar-refractivity contribution is 6.27. The molecule has 1 aliphatic rings. The zero-order valence-corrected chi connectivity index (χ0v) is 15.4. The van der Waals surface area contributed by atoms with Crippen LogP contribution in [0.5, 0.6) is 0 Å². The van der Waals surface area contributed by atoms with Crippen molar-refractivity contribution in [3.63, 3.8) is 0 Å². The van der Waals surface area contributed by atoms with Crippen LogP contribution in [0.3, 0.4) is 0 Å². The molecule has 1 unspecified atom stereocenters. The summed E-state index contributed by atoms with van der Waals surface area (Å²) in [4.78, 5) is 41.9. The molecule has 1 N–H and O–H groups in total. The smallest absolute Gasteiger partial charge is 0.241 e. The summed E-state index contributed by atoms with van der Waals surface area (Å²) >= 11 is 0. The summed E-state index contributed by atoms with van der Waals surface area (Å²) in [6, 6.07) is 6.29. The van der Waals surface area contributed by atoms with E-state index in [0.29, 0.717) is 11.1 Å². The molecular formula is C19H25N3O3. The SMILES string of the molecule is CCN(CC)C(C)C(=O)NC1=C(N(C)C)C(=O)c2ccccc2C1=O. The molecule has 1 aromatic rings. The molecule has 134 valence electrons. The van der Waals surface area contributed by atoms with Gasteiger partial charge in [0.05, 0.1) is 6.04 Å². The number of rotatable bonds is 6. The van der Waals surface area contributed by atoms with Gasteiger partial charge in [0.15, 0.2) is 0 Å². The number of hydrogen-bond acceptors (Lipinski definition) is 5. The van der Waals surface area contributed by atoms with E-state index < -0.39 is 6.04 Å². The summed E-state index contributed by atoms with van der Waals surface area (Å²) in [5.74, 6) is -0.886. The van der Waals surface area contributed by atoms with Gasteiger partial charge in [0.25, 0.3) is 0 Å². The molecule has 0 heterocycles. The minimum absolute atomic E-state index is 0.0534. The van der Waals surface area contributed by atoms with Gasteiger partial charge in [-0.1, -0.05) is 38.1 Å². The van der Waals surface area contributed by atoms with Crippen LogP contribution in [-0.2, 0) is 4.79 Å². The number of Topliss-reactive ketones (excluding diaryl/α,β-unsaturated/α-hetero) is 2. The first-order valence-corrected chi connectivity index (χ1v) is 8.48. The van der Waals surface area contributed by atoms with E-state index in [-0.39, 0.29) is 28.9 Å². The first-order valence-electron chi connectivity index (χ1n) is 8.48. The third kappa shape index (κ3) is 3.49. The van der Waals surface area contributed by atoms with Crippen molar-refractivity contribution in [1.29, 1.82) is 0 Å². The molecule has 0 radical (unpaired) electrons. The number of allylic oxidation sites excluding steroid dienone is 2. The molecule has 0 saturated carbocycles. The first kappa shape index (κ1) is 18.9. The van der Waals surface area contributed by atoms with Crippen molar-refractivity contribution in [2.24, 2.45) is 0 Å². The molecule has 0 saturated heterocycles. The highest BCUT2D eigenvalue weighted by Gasteiger charge is 2.35. The lowest BCUT2D eigenvalue weighted by molar-refractivity contribution is -0.125. The van der Waals surface area contributed by atoms with Crippen molar-refractivity contribution in [3.8, 4) is 0 Å². The minimum Gasteiger partial charge on any atom is -0.373 e. The van der Waals surface area contributed by atoms with Crippen LogP contribution in [0.4, 0.5) is 0 Å². The third-order valence-electron chi connectivity index (χ3n) is 4.53. The molecule has 6 nitrogen and oxygen atoms in total. The molecular weight excluding hydrogens is 318 g/mol. The Bertz CT molecular complexity index is 733. The topological polar surface area (TPSA) is 69.7 Å². The van der Waals surface area contributed by atoms with Crippen LogP contribution < -0.4 is 5.32 Å². The maximum Gasteiger partial charge on any atom is 0.241 e. The van der Waals surface area contributed by atoms with Crippen LogP contribution in [0.15, 0.2) is 35.7 Å². The molecule has 0 spiro atoms. The van der Waals surface area contributed by atoms with Gasteiger partial charge < -0.3 is 10.2 Å². The van der Waals surface area contributed by atoms with E-state index >= 15 is 0 Å². The van der Waals surface area contributed by atoms with Crippen molar-refractivity contribution in [3.05, 3.63) is 46.8 Å². The van der Waals surface area contributed by atoms with Crippen LogP contribution in [0.2, 0.25) is 0 Å². The van der Waals surface area contributed by atoms with Gasteiger partial charge in [-0.25, -0.2) is 0 Å². The molecule has 0 fully saturated rings. The Balaban J connectivity index is 2.43. The average molecular weight is 343 g/mol. The number of carbonyl (C=O) groups excluding carboxylic acids is 3. The summed E-state index contributed by atoms with van der Waals surface area (Å²) in [7, 11) is 3.38. The van der Waals surface area contributed by atoms with E-state index in [0.717, 1.165) is 13.1 Å². The summed E-state index contributed by atoms with van der Waals surface area (Å²) < 4.78 is 0. The Morgan fingerprint density at radius 2 is 1.56 bits per heavy atom. The van der Waals surface area contributed by atoms with Gasteiger partial charge in [0.2, 0.25) is 17.5 Å². The first-order chi connectivity index (χ1) is 11.8. The van der Waals surface area contributed by atoms with Crippen LogP contribution in [0.25, 0.3) is 0 Å². The fourth-order valence-corrected chi connectivity index (χ4v) is 3.07. The molecule has 0 bridgehead atoms. The summed E-state index contributed by atoms with van der Waals surface area (Å²) in [5, 5.41) is 2.71. The number of amides is 1. The minimum atomic E-state index is -0.397. The second kappa shape index (κ2) is 7.61. The van der Waals surface area contributed by atoms with E-state index in [9.17, 15) is 14.4 Å². The zero-order chi connectivity index (χ0) is 18.7. The van der Waals surface area contributed by atoms with Crippen LogP contribution >= 0.6 is 0 Å². The maximum atomic E-state index is 12.9. The molecule has 1 amide bonds. The number of nitrogens with zero attached hydrogens (tertiary/aromatic N) is 2. The van der Waals surface area contributed by atoms with E-state index in [4.69, 9.17) is 0 Å². The molecule has 0 aromatic heterocycles. The number of likely N-dealkylation sites (N-methyl/N-ethyl adjacent to an activating group) is 2. The van der Waals surface area contributed by atoms with Crippen LogP contribution in [-0.4, -0.2) is 60.5 Å². The van der Waals surface area contributed by atoms with E-state index in [1.54, 1.807) is 50.2 Å². The third-order valence-corrected chi connectivity index (χ3v) is 4.53. The van der Waals surface area contributed by atoms with Gasteiger partial charge in [-0.3, -0.25) is 19.3 Å². The number of ketones is 2. The highest BCUT2D eigenvalue weighted by atomic mass is 16.2. The summed E-state index contributed by atoms with van der Waals surface area (Å²) in [5.41, 5.74) is 0.955. The molecule has 6 heteroatoms. The number of hydrogen-bond donors (Lipinski definition) is 1. The molecule has 0 aliphatic heterocycles. The van der Waals surface area contributed by atoms with E-state index in [1.165, 1.54) is 0 Å². The zero-order valence-electron chi connectivity index (χ0n) is 15.4. The number of fused-ring (bicyclic) bond motifs is 1. The van der Waals surface area contributed by atoms with Gasteiger partial charge in [0, 0.05) is 25.2 Å². The Labute approximate surface area is 148 Å². The van der Waals surface area contributed by atoms with Gasteiger partial charge in [0.1, 0.15) is 11.4 Å².